The summed E-state index contributed by atoms with van der Waals surface area (Å²) in [6.45, 7) is 5.71. The van der Waals surface area contributed by atoms with Gasteiger partial charge < -0.3 is 10.6 Å². The monoisotopic (exact) mass is 474 g/mol. The molecule has 0 saturated heterocycles. The maximum Gasteiger partial charge on any atom is 0.273 e. The van der Waals surface area contributed by atoms with Crippen LogP contribution >= 0.6 is 0 Å². The van der Waals surface area contributed by atoms with E-state index >= 15 is 0 Å². The van der Waals surface area contributed by atoms with Crippen molar-refractivity contribution >= 4 is 33.4 Å². The van der Waals surface area contributed by atoms with Gasteiger partial charge in [0.25, 0.3) is 5.91 Å². The Balaban J connectivity index is 1.87. The second-order valence-corrected chi connectivity index (χ2v) is 9.88. The van der Waals surface area contributed by atoms with E-state index in [-0.39, 0.29) is 23.8 Å². The van der Waals surface area contributed by atoms with Crippen molar-refractivity contribution in [2.75, 3.05) is 12.3 Å². The number of nitrogens with zero attached hydrogens (tertiary/aromatic N) is 2. The average molecular weight is 475 g/mol. The smallest absolute Gasteiger partial charge is 0.273 e. The van der Waals surface area contributed by atoms with E-state index in [2.05, 4.69) is 15.7 Å². The van der Waals surface area contributed by atoms with E-state index in [0.29, 0.717) is 11.9 Å². The van der Waals surface area contributed by atoms with Crippen LogP contribution in [0.4, 0.5) is 4.39 Å². The molecule has 0 bridgehead atoms. The molecule has 0 aliphatic rings. The van der Waals surface area contributed by atoms with E-state index in [4.69, 9.17) is 0 Å². The summed E-state index contributed by atoms with van der Waals surface area (Å²) in [6.07, 6.45) is 0. The molecule has 3 aromatic rings. The highest BCUT2D eigenvalue weighted by Gasteiger charge is 2.34. The molecule has 2 amide bonds. The molecule has 8 nitrogen and oxygen atoms in total. The lowest BCUT2D eigenvalue weighted by molar-refractivity contribution is -0.125. The number of halogens is 1. The van der Waals surface area contributed by atoms with Crippen molar-refractivity contribution in [1.82, 2.24) is 20.4 Å². The molecule has 1 atom stereocenters. The van der Waals surface area contributed by atoms with E-state index in [9.17, 15) is 22.4 Å². The second kappa shape index (κ2) is 10.1. The first kappa shape index (κ1) is 24.4. The standard InChI is InChI=1S/C23H27FN4O4S/c1-23(2,3)20(22(30)25-12-13-33(31)32)26-21(29)19-17-6-4-5-7-18(17)28(27-19)14-15-8-10-16(24)11-9-15/h4-11,20,33H,12-14H2,1-3H3,(H,25,30)(H,26,29)/t20-/m1/s1. The molecule has 0 spiro atoms. The third-order valence-corrected chi connectivity index (χ3v) is 5.70. The summed E-state index contributed by atoms with van der Waals surface area (Å²) in [7, 11) is -2.61. The van der Waals surface area contributed by atoms with Crippen LogP contribution in [0.1, 0.15) is 36.8 Å². The Morgan fingerprint density at radius 1 is 1.09 bits per heavy atom. The number of fused-ring (bicyclic) bond motifs is 1. The van der Waals surface area contributed by atoms with Crippen LogP contribution in [0.3, 0.4) is 0 Å². The number of benzene rings is 2. The van der Waals surface area contributed by atoms with Gasteiger partial charge in [-0.3, -0.25) is 14.3 Å². The third kappa shape index (κ3) is 6.16. The quantitative estimate of drug-likeness (QED) is 0.433. The summed E-state index contributed by atoms with van der Waals surface area (Å²) in [5.41, 5.74) is 1.08. The first-order valence-corrected chi connectivity index (χ1v) is 11.8. The minimum atomic E-state index is -2.61. The van der Waals surface area contributed by atoms with Gasteiger partial charge in [-0.2, -0.15) is 5.10 Å². The highest BCUT2D eigenvalue weighted by molar-refractivity contribution is 7.72. The average Bonchev–Trinajstić information content (AvgIpc) is 3.11. The fourth-order valence-corrected chi connectivity index (χ4v) is 3.72. The number of hydrogen-bond donors (Lipinski definition) is 3. The Bertz CT molecular complexity index is 1220. The minimum absolute atomic E-state index is 0.0325. The highest BCUT2D eigenvalue weighted by Crippen LogP contribution is 2.23. The summed E-state index contributed by atoms with van der Waals surface area (Å²) < 4.78 is 36.5. The maximum atomic E-state index is 13.3. The topological polar surface area (TPSA) is 110 Å². The van der Waals surface area contributed by atoms with Gasteiger partial charge in [0.1, 0.15) is 22.6 Å². The van der Waals surface area contributed by atoms with E-state index in [0.717, 1.165) is 11.1 Å². The predicted molar refractivity (Wildman–Crippen MR) is 124 cm³/mol. The number of carbonyl (C=O) groups is 2. The number of rotatable bonds is 8. The Morgan fingerprint density at radius 2 is 1.76 bits per heavy atom. The molecule has 2 N–H and O–H groups in total. The van der Waals surface area contributed by atoms with Crippen molar-refractivity contribution in [2.24, 2.45) is 5.41 Å². The molecule has 0 radical (unpaired) electrons. The van der Waals surface area contributed by atoms with Crippen molar-refractivity contribution in [3.8, 4) is 0 Å². The molecular formula is C23H27FN4O4S. The van der Waals surface area contributed by atoms with Gasteiger partial charge in [0.05, 0.1) is 17.8 Å². The van der Waals surface area contributed by atoms with Crippen LogP contribution in [0.2, 0.25) is 0 Å². The summed E-state index contributed by atoms with van der Waals surface area (Å²) in [6, 6.07) is 12.4. The van der Waals surface area contributed by atoms with Crippen LogP contribution in [-0.4, -0.2) is 48.4 Å². The van der Waals surface area contributed by atoms with Gasteiger partial charge in [-0.25, -0.2) is 12.8 Å². The van der Waals surface area contributed by atoms with Crippen molar-refractivity contribution in [2.45, 2.75) is 33.4 Å². The summed E-state index contributed by atoms with van der Waals surface area (Å²) in [4.78, 5) is 25.9. The van der Waals surface area contributed by atoms with Gasteiger partial charge in [-0.1, -0.05) is 51.1 Å². The fraction of sp³-hybridized carbons (Fsp3) is 0.348. The van der Waals surface area contributed by atoms with E-state index in [1.807, 2.05) is 12.1 Å². The molecule has 0 unspecified atom stereocenters. The van der Waals surface area contributed by atoms with Gasteiger partial charge in [0.2, 0.25) is 5.91 Å². The Hall–Kier alpha value is -3.27. The first-order valence-electron chi connectivity index (χ1n) is 10.5. The SMILES string of the molecule is CC(C)(C)[C@H](NC(=O)c1nn(Cc2ccc(F)cc2)c2ccccc12)C(=O)NCC[SH](=O)=O. The molecule has 2 aromatic carbocycles. The Kier molecular flexibility index (Phi) is 7.47. The molecule has 0 saturated carbocycles. The normalized spacial score (nSPS) is 12.6. The van der Waals surface area contributed by atoms with Crippen LogP contribution in [0.25, 0.3) is 10.9 Å². The molecule has 176 valence electrons. The number of hydrogen-bond acceptors (Lipinski definition) is 5. The second-order valence-electron chi connectivity index (χ2n) is 8.77. The zero-order valence-corrected chi connectivity index (χ0v) is 19.6. The summed E-state index contributed by atoms with van der Waals surface area (Å²) in [5, 5.41) is 10.4. The van der Waals surface area contributed by atoms with Crippen molar-refractivity contribution in [1.29, 1.82) is 0 Å². The van der Waals surface area contributed by atoms with Gasteiger partial charge in [0, 0.05) is 11.9 Å². The maximum absolute atomic E-state index is 13.3. The van der Waals surface area contributed by atoms with E-state index in [1.165, 1.54) is 12.1 Å². The summed E-state index contributed by atoms with van der Waals surface area (Å²) >= 11 is 0. The van der Waals surface area contributed by atoms with Gasteiger partial charge in [0.15, 0.2) is 5.69 Å². The number of para-hydroxylation sites is 1. The van der Waals surface area contributed by atoms with Crippen molar-refractivity contribution in [3.05, 3.63) is 65.6 Å². The number of aromatic nitrogens is 2. The molecule has 10 heteroatoms. The first-order chi connectivity index (χ1) is 15.6. The van der Waals surface area contributed by atoms with Crippen LogP contribution < -0.4 is 10.6 Å². The molecule has 0 aliphatic carbocycles. The van der Waals surface area contributed by atoms with Gasteiger partial charge in [-0.15, -0.1) is 0 Å². The van der Waals surface area contributed by atoms with Gasteiger partial charge in [-0.05, 0) is 29.2 Å². The predicted octanol–water partition coefficient (Wildman–Crippen LogP) is 2.10. The Labute approximate surface area is 193 Å². The molecule has 1 heterocycles. The molecule has 0 aliphatic heterocycles. The lowest BCUT2D eigenvalue weighted by Crippen LogP contribution is -2.54. The molecule has 3 rings (SSSR count). The number of amides is 2. The minimum Gasteiger partial charge on any atom is -0.353 e. The van der Waals surface area contributed by atoms with Crippen LogP contribution in [0, 0.1) is 11.2 Å². The van der Waals surface area contributed by atoms with Crippen molar-refractivity contribution in [3.63, 3.8) is 0 Å². The molecule has 1 aromatic heterocycles. The number of nitrogens with one attached hydrogen (secondary N) is 2. The third-order valence-electron chi connectivity index (χ3n) is 5.12. The van der Waals surface area contributed by atoms with Crippen LogP contribution in [0.15, 0.2) is 48.5 Å². The van der Waals surface area contributed by atoms with Gasteiger partial charge >= 0.3 is 0 Å². The van der Waals surface area contributed by atoms with E-state index < -0.39 is 34.0 Å². The molecule has 33 heavy (non-hydrogen) atoms. The van der Waals surface area contributed by atoms with Crippen LogP contribution in [-0.2, 0) is 22.0 Å². The zero-order valence-electron chi connectivity index (χ0n) is 18.7. The number of thiol groups is 1. The lowest BCUT2D eigenvalue weighted by Gasteiger charge is -2.30. The Morgan fingerprint density at radius 3 is 2.39 bits per heavy atom. The van der Waals surface area contributed by atoms with Crippen molar-refractivity contribution < 1.29 is 22.4 Å². The largest absolute Gasteiger partial charge is 0.353 e. The summed E-state index contributed by atoms with van der Waals surface area (Å²) in [5.74, 6) is -1.50. The van der Waals surface area contributed by atoms with Crippen LogP contribution in [0.5, 0.6) is 0 Å². The number of carbonyl (C=O) groups excluding carboxylic acids is 2. The highest BCUT2D eigenvalue weighted by atomic mass is 32.2. The zero-order chi connectivity index (χ0) is 24.2. The molecular weight excluding hydrogens is 447 g/mol. The van der Waals surface area contributed by atoms with E-state index in [1.54, 1.807) is 49.7 Å². The fourth-order valence-electron chi connectivity index (χ4n) is 3.43. The molecule has 0 fully saturated rings. The lowest BCUT2D eigenvalue weighted by atomic mass is 9.86.